The molecule has 0 aliphatic carbocycles. The third kappa shape index (κ3) is 3.29. The second-order valence-electron chi connectivity index (χ2n) is 5.00. The van der Waals surface area contributed by atoms with Crippen LogP contribution in [0.4, 0.5) is 0 Å². The molecular weight excluding hydrogens is 284 g/mol. The van der Waals surface area contributed by atoms with Crippen LogP contribution >= 0.6 is 15.9 Å². The van der Waals surface area contributed by atoms with Gasteiger partial charge in [-0.1, -0.05) is 13.8 Å². The van der Waals surface area contributed by atoms with Crippen molar-refractivity contribution in [2.45, 2.75) is 39.2 Å². The molecule has 0 radical (unpaired) electrons. The highest BCUT2D eigenvalue weighted by Gasteiger charge is 2.24. The van der Waals surface area contributed by atoms with Gasteiger partial charge in [-0.2, -0.15) is 5.10 Å². The monoisotopic (exact) mass is 302 g/mol. The van der Waals surface area contributed by atoms with Crippen LogP contribution in [0.15, 0.2) is 4.47 Å². The van der Waals surface area contributed by atoms with Crippen LogP contribution in [0.1, 0.15) is 49.8 Å². The number of amides is 1. The highest BCUT2D eigenvalue weighted by Crippen LogP contribution is 2.25. The smallest absolute Gasteiger partial charge is 0.273 e. The van der Waals surface area contributed by atoms with Crippen LogP contribution in [0.5, 0.6) is 0 Å². The molecule has 5 nitrogen and oxygen atoms in total. The topological polar surface area (TPSA) is 83.8 Å². The molecule has 0 saturated carbocycles. The van der Waals surface area contributed by atoms with Crippen LogP contribution in [0, 0.1) is 0 Å². The highest BCUT2D eigenvalue weighted by molar-refractivity contribution is 9.10. The SMILES string of the molecule is CC(C)c1[nH]nc(C(=O)NC(C)(C)CN)c1Br. The van der Waals surface area contributed by atoms with E-state index in [1.165, 1.54) is 0 Å². The first-order valence-corrected chi connectivity index (χ1v) is 6.34. The van der Waals surface area contributed by atoms with Crippen molar-refractivity contribution >= 4 is 21.8 Å². The molecule has 1 amide bonds. The van der Waals surface area contributed by atoms with Crippen LogP contribution in [-0.4, -0.2) is 28.2 Å². The maximum Gasteiger partial charge on any atom is 0.273 e. The average Bonchev–Trinajstić information content (AvgIpc) is 2.59. The molecule has 0 aliphatic heterocycles. The van der Waals surface area contributed by atoms with Gasteiger partial charge in [-0.25, -0.2) is 0 Å². The Kier molecular flexibility index (Phi) is 4.32. The Labute approximate surface area is 110 Å². The molecule has 96 valence electrons. The molecule has 4 N–H and O–H groups in total. The number of carbonyl (C=O) groups is 1. The summed E-state index contributed by atoms with van der Waals surface area (Å²) < 4.78 is 0.720. The lowest BCUT2D eigenvalue weighted by Gasteiger charge is -2.23. The maximum atomic E-state index is 12.0. The number of nitrogens with zero attached hydrogens (tertiary/aromatic N) is 1. The zero-order valence-electron chi connectivity index (χ0n) is 10.6. The molecule has 1 aromatic heterocycles. The van der Waals surface area contributed by atoms with E-state index < -0.39 is 5.54 Å². The van der Waals surface area contributed by atoms with Gasteiger partial charge in [-0.15, -0.1) is 0 Å². The van der Waals surface area contributed by atoms with Gasteiger partial charge in [0.05, 0.1) is 10.2 Å². The quantitative estimate of drug-likeness (QED) is 0.792. The van der Waals surface area contributed by atoms with E-state index >= 15 is 0 Å². The molecule has 0 aromatic carbocycles. The molecule has 1 rings (SSSR count). The molecule has 1 heterocycles. The Morgan fingerprint density at radius 3 is 2.59 bits per heavy atom. The fourth-order valence-electron chi connectivity index (χ4n) is 1.29. The fraction of sp³-hybridized carbons (Fsp3) is 0.636. The summed E-state index contributed by atoms with van der Waals surface area (Å²) in [5.41, 5.74) is 6.42. The van der Waals surface area contributed by atoms with Crippen molar-refractivity contribution in [1.82, 2.24) is 15.5 Å². The molecule has 0 spiro atoms. The van der Waals surface area contributed by atoms with Crippen LogP contribution in [0.25, 0.3) is 0 Å². The number of nitrogens with one attached hydrogen (secondary N) is 2. The molecule has 0 bridgehead atoms. The van der Waals surface area contributed by atoms with Gasteiger partial charge in [0.1, 0.15) is 0 Å². The van der Waals surface area contributed by atoms with E-state index in [0.29, 0.717) is 12.2 Å². The highest BCUT2D eigenvalue weighted by atomic mass is 79.9. The second-order valence-corrected chi connectivity index (χ2v) is 5.79. The molecule has 0 unspecified atom stereocenters. The maximum absolute atomic E-state index is 12.0. The van der Waals surface area contributed by atoms with E-state index in [1.807, 2.05) is 27.7 Å². The molecule has 0 aliphatic rings. The number of halogens is 1. The molecule has 0 atom stereocenters. The van der Waals surface area contributed by atoms with Crippen LogP contribution in [0.2, 0.25) is 0 Å². The van der Waals surface area contributed by atoms with Gasteiger partial charge in [-0.05, 0) is 35.7 Å². The second kappa shape index (κ2) is 5.18. The average molecular weight is 303 g/mol. The van der Waals surface area contributed by atoms with E-state index in [-0.39, 0.29) is 11.8 Å². The molecule has 0 saturated heterocycles. The lowest BCUT2D eigenvalue weighted by atomic mass is 10.1. The van der Waals surface area contributed by atoms with Crippen molar-refractivity contribution in [3.63, 3.8) is 0 Å². The number of aromatic amines is 1. The third-order valence-electron chi connectivity index (χ3n) is 2.49. The summed E-state index contributed by atoms with van der Waals surface area (Å²) in [7, 11) is 0. The number of hydrogen-bond donors (Lipinski definition) is 3. The van der Waals surface area contributed by atoms with Crippen molar-refractivity contribution in [2.24, 2.45) is 5.73 Å². The molecular formula is C11H19BrN4O. The lowest BCUT2D eigenvalue weighted by molar-refractivity contribution is 0.0910. The minimum absolute atomic E-state index is 0.226. The van der Waals surface area contributed by atoms with Gasteiger partial charge in [0.2, 0.25) is 0 Å². The number of aromatic nitrogens is 2. The zero-order valence-corrected chi connectivity index (χ0v) is 12.2. The van der Waals surface area contributed by atoms with Crippen LogP contribution in [-0.2, 0) is 0 Å². The molecule has 6 heteroatoms. The molecule has 0 fully saturated rings. The van der Waals surface area contributed by atoms with Gasteiger partial charge < -0.3 is 11.1 Å². The fourth-order valence-corrected chi connectivity index (χ4v) is 2.11. The van der Waals surface area contributed by atoms with Gasteiger partial charge in [0, 0.05) is 12.1 Å². The first-order valence-electron chi connectivity index (χ1n) is 5.55. The standard InChI is InChI=1S/C11H19BrN4O/c1-6(2)8-7(12)9(16-15-8)10(17)14-11(3,4)5-13/h6H,5,13H2,1-4H3,(H,14,17)(H,15,16). The van der Waals surface area contributed by atoms with E-state index in [2.05, 4.69) is 31.4 Å². The minimum atomic E-state index is -0.437. The predicted octanol–water partition coefficient (Wildman–Crippen LogP) is 1.76. The van der Waals surface area contributed by atoms with Gasteiger partial charge in [0.15, 0.2) is 5.69 Å². The van der Waals surface area contributed by atoms with E-state index in [4.69, 9.17) is 5.73 Å². The Morgan fingerprint density at radius 1 is 1.59 bits per heavy atom. The first kappa shape index (κ1) is 14.2. The van der Waals surface area contributed by atoms with Crippen LogP contribution < -0.4 is 11.1 Å². The minimum Gasteiger partial charge on any atom is -0.344 e. The van der Waals surface area contributed by atoms with Crippen molar-refractivity contribution in [3.05, 3.63) is 15.9 Å². The third-order valence-corrected chi connectivity index (χ3v) is 3.29. The first-order chi connectivity index (χ1) is 7.78. The van der Waals surface area contributed by atoms with Crippen molar-refractivity contribution in [1.29, 1.82) is 0 Å². The van der Waals surface area contributed by atoms with E-state index in [9.17, 15) is 4.79 Å². The molecule has 17 heavy (non-hydrogen) atoms. The molecule has 1 aromatic rings. The van der Waals surface area contributed by atoms with Crippen molar-refractivity contribution in [3.8, 4) is 0 Å². The van der Waals surface area contributed by atoms with Crippen molar-refractivity contribution in [2.75, 3.05) is 6.54 Å². The van der Waals surface area contributed by atoms with E-state index in [0.717, 1.165) is 10.2 Å². The summed E-state index contributed by atoms with van der Waals surface area (Å²) in [6.45, 7) is 8.18. The Balaban J connectivity index is 2.91. The summed E-state index contributed by atoms with van der Waals surface area (Å²) in [5.74, 6) is 0.0522. The largest absolute Gasteiger partial charge is 0.344 e. The Bertz CT molecular complexity index is 412. The number of hydrogen-bond acceptors (Lipinski definition) is 3. The summed E-state index contributed by atoms with van der Waals surface area (Å²) >= 11 is 3.40. The Hall–Kier alpha value is -0.880. The summed E-state index contributed by atoms with van der Waals surface area (Å²) in [6, 6.07) is 0. The summed E-state index contributed by atoms with van der Waals surface area (Å²) in [4.78, 5) is 12.0. The number of carbonyl (C=O) groups excluding carboxylic acids is 1. The zero-order chi connectivity index (χ0) is 13.2. The normalized spacial score (nSPS) is 11.9. The summed E-state index contributed by atoms with van der Waals surface area (Å²) in [5, 5.41) is 9.74. The predicted molar refractivity (Wildman–Crippen MR) is 71.0 cm³/mol. The van der Waals surface area contributed by atoms with Crippen LogP contribution in [0.3, 0.4) is 0 Å². The van der Waals surface area contributed by atoms with Crippen molar-refractivity contribution < 1.29 is 4.79 Å². The number of rotatable bonds is 4. The van der Waals surface area contributed by atoms with Gasteiger partial charge >= 0.3 is 0 Å². The van der Waals surface area contributed by atoms with Gasteiger partial charge in [0.25, 0.3) is 5.91 Å². The van der Waals surface area contributed by atoms with E-state index in [1.54, 1.807) is 0 Å². The number of H-pyrrole nitrogens is 1. The Morgan fingerprint density at radius 2 is 2.18 bits per heavy atom. The summed E-state index contributed by atoms with van der Waals surface area (Å²) in [6.07, 6.45) is 0. The number of nitrogens with two attached hydrogens (primary N) is 1. The van der Waals surface area contributed by atoms with Gasteiger partial charge in [-0.3, -0.25) is 9.89 Å². The lowest BCUT2D eigenvalue weighted by Crippen LogP contribution is -2.49.